The fourth-order valence-corrected chi connectivity index (χ4v) is 5.38. The van der Waals surface area contributed by atoms with E-state index in [2.05, 4.69) is 10.2 Å². The number of hydrogen-bond donors (Lipinski definition) is 1. The number of urea groups is 1. The Balaban J connectivity index is 1.44. The van der Waals surface area contributed by atoms with Gasteiger partial charge in [-0.1, -0.05) is 12.1 Å². The number of ether oxygens (including phenoxy) is 3. The molecule has 0 aliphatic carbocycles. The minimum absolute atomic E-state index is 0.140. The van der Waals surface area contributed by atoms with E-state index in [0.717, 1.165) is 22.4 Å². The van der Waals surface area contributed by atoms with Gasteiger partial charge in [0.25, 0.3) is 0 Å². The fourth-order valence-electron chi connectivity index (χ4n) is 5.38. The van der Waals surface area contributed by atoms with Gasteiger partial charge in [-0.3, -0.25) is 10.00 Å². The number of carbonyl (C=O) groups excluding carboxylic acids is 2. The van der Waals surface area contributed by atoms with Crippen molar-refractivity contribution in [1.29, 1.82) is 0 Å². The van der Waals surface area contributed by atoms with E-state index in [1.54, 1.807) is 36.4 Å². The number of methoxy groups -OCH3 is 2. The van der Waals surface area contributed by atoms with Crippen molar-refractivity contribution < 1.29 is 23.8 Å². The van der Waals surface area contributed by atoms with Gasteiger partial charge in [0, 0.05) is 37.0 Å². The number of nitrogens with one attached hydrogen (secondary N) is 1. The Kier molecular flexibility index (Phi) is 7.31. The molecule has 40 heavy (non-hydrogen) atoms. The van der Waals surface area contributed by atoms with Gasteiger partial charge in [0.2, 0.25) is 5.88 Å². The average molecular weight is 549 g/mol. The van der Waals surface area contributed by atoms with Crippen LogP contribution in [0.2, 0.25) is 0 Å². The minimum atomic E-state index is -0.571. The van der Waals surface area contributed by atoms with E-state index in [0.29, 0.717) is 50.7 Å². The molecule has 2 saturated heterocycles. The van der Waals surface area contributed by atoms with Crippen molar-refractivity contribution in [1.82, 2.24) is 25.0 Å². The monoisotopic (exact) mass is 548 g/mol. The molecule has 212 valence electrons. The molecule has 2 aliphatic heterocycles. The molecule has 0 atom stereocenters. The highest BCUT2D eigenvalue weighted by Crippen LogP contribution is 2.40. The van der Waals surface area contributed by atoms with Crippen LogP contribution in [-0.4, -0.2) is 82.1 Å². The third kappa shape index (κ3) is 5.41. The van der Waals surface area contributed by atoms with E-state index in [-0.39, 0.29) is 12.1 Å². The van der Waals surface area contributed by atoms with E-state index < -0.39 is 11.1 Å². The average Bonchev–Trinajstić information content (AvgIpc) is 3.56. The number of rotatable bonds is 6. The van der Waals surface area contributed by atoms with Crippen LogP contribution in [0.25, 0.3) is 11.1 Å². The molecule has 11 heteroatoms. The third-order valence-electron chi connectivity index (χ3n) is 7.43. The number of likely N-dealkylation sites (tertiary alicyclic amines) is 1. The lowest BCUT2D eigenvalue weighted by molar-refractivity contribution is 0.00785. The van der Waals surface area contributed by atoms with Gasteiger partial charge in [0.15, 0.2) is 0 Å². The molecule has 3 amide bonds. The van der Waals surface area contributed by atoms with E-state index in [1.165, 1.54) is 0 Å². The number of hydrogen-bond acceptors (Lipinski definition) is 7. The molecule has 4 heterocycles. The predicted octanol–water partition coefficient (Wildman–Crippen LogP) is 4.70. The van der Waals surface area contributed by atoms with E-state index in [4.69, 9.17) is 19.2 Å². The lowest BCUT2D eigenvalue weighted by atomic mass is 9.86. The molecule has 0 radical (unpaired) electrons. The molecule has 0 saturated carbocycles. The predicted molar refractivity (Wildman–Crippen MR) is 149 cm³/mol. The number of benzene rings is 1. The second-order valence-electron chi connectivity index (χ2n) is 11.2. The lowest BCUT2D eigenvalue weighted by Crippen LogP contribution is -2.55. The molecule has 3 aromatic rings. The number of H-pyrrole nitrogens is 1. The molecular formula is C29H36N6O5. The Morgan fingerprint density at radius 1 is 1.10 bits per heavy atom. The van der Waals surface area contributed by atoms with Crippen LogP contribution >= 0.6 is 0 Å². The molecule has 0 unspecified atom stereocenters. The van der Waals surface area contributed by atoms with Crippen LogP contribution in [-0.2, 0) is 11.3 Å². The highest BCUT2D eigenvalue weighted by molar-refractivity contribution is 5.95. The van der Waals surface area contributed by atoms with Crippen LogP contribution in [0, 0.1) is 0 Å². The first-order chi connectivity index (χ1) is 19.1. The summed E-state index contributed by atoms with van der Waals surface area (Å²) in [7, 11) is 3.19. The fraction of sp³-hybridized carbons (Fsp3) is 0.448. The van der Waals surface area contributed by atoms with Crippen LogP contribution in [0.1, 0.15) is 39.2 Å². The number of nitrogens with zero attached hydrogens (tertiary/aromatic N) is 5. The second-order valence-corrected chi connectivity index (χ2v) is 11.2. The zero-order chi connectivity index (χ0) is 28.5. The topological polar surface area (TPSA) is 113 Å². The number of carbonyl (C=O) groups is 2. The molecular weight excluding hydrogens is 512 g/mol. The number of aromatic amines is 1. The van der Waals surface area contributed by atoms with Crippen LogP contribution in [0.4, 0.5) is 15.4 Å². The van der Waals surface area contributed by atoms with Crippen molar-refractivity contribution in [2.24, 2.45) is 0 Å². The number of anilines is 1. The molecule has 1 N–H and O–H groups in total. The van der Waals surface area contributed by atoms with Crippen molar-refractivity contribution in [2.75, 3.05) is 38.8 Å². The standard InChI is InChI=1S/C29H36N6O5/c1-28(2,3)40-27(37)33-13-11-29(12-14-33)19-34(26(36)35(29)18-20-7-6-8-22(15-20)38-4)24-10-9-23(25(32-24)39-5)21-16-30-31-17-21/h6-10,15-17H,11-14,18-19H2,1-5H3,(H,30,31). The molecule has 5 rings (SSSR count). The maximum Gasteiger partial charge on any atom is 0.410 e. The number of pyridine rings is 1. The Morgan fingerprint density at radius 3 is 2.52 bits per heavy atom. The van der Waals surface area contributed by atoms with Gasteiger partial charge in [0.05, 0.1) is 32.5 Å². The molecule has 2 aliphatic rings. The van der Waals surface area contributed by atoms with Crippen LogP contribution < -0.4 is 14.4 Å². The number of piperidine rings is 1. The molecule has 1 aromatic carbocycles. The Labute approximate surface area is 234 Å². The van der Waals surface area contributed by atoms with Gasteiger partial charge in [-0.2, -0.15) is 10.1 Å². The first kappa shape index (κ1) is 27.3. The number of amides is 3. The Bertz CT molecular complexity index is 1360. The minimum Gasteiger partial charge on any atom is -0.497 e. The quantitative estimate of drug-likeness (QED) is 0.475. The van der Waals surface area contributed by atoms with Crippen molar-refractivity contribution >= 4 is 17.9 Å². The smallest absolute Gasteiger partial charge is 0.410 e. The first-order valence-corrected chi connectivity index (χ1v) is 13.4. The molecule has 11 nitrogen and oxygen atoms in total. The van der Waals surface area contributed by atoms with Crippen molar-refractivity contribution in [3.63, 3.8) is 0 Å². The van der Waals surface area contributed by atoms with Gasteiger partial charge >= 0.3 is 12.1 Å². The zero-order valence-electron chi connectivity index (χ0n) is 23.6. The zero-order valence-corrected chi connectivity index (χ0v) is 23.6. The summed E-state index contributed by atoms with van der Waals surface area (Å²) in [4.78, 5) is 36.9. The normalized spacial score (nSPS) is 16.9. The van der Waals surface area contributed by atoms with Gasteiger partial charge < -0.3 is 24.0 Å². The SMILES string of the molecule is COc1cccc(CN2C(=O)N(c3ccc(-c4cn[nH]c4)c(OC)n3)CC23CCN(C(=O)OC(C)(C)C)CC3)c1. The molecule has 2 aromatic heterocycles. The van der Waals surface area contributed by atoms with E-state index >= 15 is 0 Å². The summed E-state index contributed by atoms with van der Waals surface area (Å²) in [6.45, 7) is 7.40. The summed E-state index contributed by atoms with van der Waals surface area (Å²) < 4.78 is 16.6. The maximum absolute atomic E-state index is 14.1. The number of aromatic nitrogens is 3. The summed E-state index contributed by atoms with van der Waals surface area (Å²) in [6.07, 6.45) is 4.36. The van der Waals surface area contributed by atoms with Gasteiger partial charge in [-0.25, -0.2) is 9.59 Å². The van der Waals surface area contributed by atoms with Crippen LogP contribution in [0.5, 0.6) is 11.6 Å². The third-order valence-corrected chi connectivity index (χ3v) is 7.43. The highest BCUT2D eigenvalue weighted by Gasteiger charge is 2.52. The van der Waals surface area contributed by atoms with Crippen molar-refractivity contribution in [3.8, 4) is 22.8 Å². The van der Waals surface area contributed by atoms with Crippen molar-refractivity contribution in [2.45, 2.75) is 51.3 Å². The lowest BCUT2D eigenvalue weighted by Gasteiger charge is -2.43. The van der Waals surface area contributed by atoms with Gasteiger partial charge in [0.1, 0.15) is 17.2 Å². The highest BCUT2D eigenvalue weighted by atomic mass is 16.6. The largest absolute Gasteiger partial charge is 0.497 e. The second kappa shape index (κ2) is 10.7. The first-order valence-electron chi connectivity index (χ1n) is 13.4. The summed E-state index contributed by atoms with van der Waals surface area (Å²) >= 11 is 0. The molecule has 0 bridgehead atoms. The van der Waals surface area contributed by atoms with E-state index in [1.807, 2.05) is 62.1 Å². The summed E-state index contributed by atoms with van der Waals surface area (Å²) in [5.74, 6) is 1.65. The summed E-state index contributed by atoms with van der Waals surface area (Å²) in [6, 6.07) is 11.3. The summed E-state index contributed by atoms with van der Waals surface area (Å²) in [5.41, 5.74) is 1.52. The van der Waals surface area contributed by atoms with E-state index in [9.17, 15) is 9.59 Å². The Morgan fingerprint density at radius 2 is 1.88 bits per heavy atom. The molecule has 2 fully saturated rings. The van der Waals surface area contributed by atoms with Crippen molar-refractivity contribution in [3.05, 3.63) is 54.4 Å². The molecule has 1 spiro atoms. The summed E-state index contributed by atoms with van der Waals surface area (Å²) in [5, 5.41) is 6.82. The van der Waals surface area contributed by atoms with Gasteiger partial charge in [-0.15, -0.1) is 0 Å². The van der Waals surface area contributed by atoms with Crippen LogP contribution in [0.3, 0.4) is 0 Å². The maximum atomic E-state index is 14.1. The Hall–Kier alpha value is -4.28. The van der Waals surface area contributed by atoms with Gasteiger partial charge in [-0.05, 0) is 63.4 Å². The van der Waals surface area contributed by atoms with Crippen LogP contribution in [0.15, 0.2) is 48.8 Å².